The molecule has 152 valence electrons. The number of hydrogen-bond donors (Lipinski definition) is 1. The molecule has 0 aromatic carbocycles. The van der Waals surface area contributed by atoms with Gasteiger partial charge in [0.05, 0.1) is 6.54 Å². The number of rotatable bonds is 5. The summed E-state index contributed by atoms with van der Waals surface area (Å²) >= 11 is 0. The first-order valence-electron chi connectivity index (χ1n) is 10.0. The largest absolute Gasteiger partial charge is 0.357 e. The Morgan fingerprint density at radius 3 is 2.59 bits per heavy atom. The van der Waals surface area contributed by atoms with Crippen LogP contribution in [0.3, 0.4) is 0 Å². The van der Waals surface area contributed by atoms with Crippen LogP contribution in [0.15, 0.2) is 23.5 Å². The molecule has 0 aliphatic carbocycles. The van der Waals surface area contributed by atoms with Crippen LogP contribution in [0.1, 0.15) is 26.7 Å². The summed E-state index contributed by atoms with van der Waals surface area (Å²) in [6, 6.07) is 1.86. The highest BCUT2D eigenvalue weighted by atomic mass is 127. The van der Waals surface area contributed by atoms with E-state index in [1.54, 1.807) is 0 Å². The van der Waals surface area contributed by atoms with Gasteiger partial charge in [-0.3, -0.25) is 9.89 Å². The number of likely N-dealkylation sites (tertiary alicyclic amines) is 1. The fraction of sp³-hybridized carbons (Fsp3) is 0.737. The lowest BCUT2D eigenvalue weighted by atomic mass is 10.0. The maximum atomic E-state index is 4.89. The van der Waals surface area contributed by atoms with Crippen LogP contribution in [0, 0.1) is 5.92 Å². The highest BCUT2D eigenvalue weighted by Crippen LogP contribution is 2.15. The molecule has 0 amide bonds. The lowest BCUT2D eigenvalue weighted by molar-refractivity contribution is 0.257. The molecule has 0 saturated carbocycles. The molecule has 0 bridgehead atoms. The van der Waals surface area contributed by atoms with Crippen LogP contribution in [0.2, 0.25) is 0 Å². The van der Waals surface area contributed by atoms with Gasteiger partial charge in [0, 0.05) is 64.8 Å². The predicted octanol–water partition coefficient (Wildman–Crippen LogP) is 1.91. The second-order valence-electron chi connectivity index (χ2n) is 7.31. The fourth-order valence-electron chi connectivity index (χ4n) is 3.73. The highest BCUT2D eigenvalue weighted by Gasteiger charge is 2.20. The molecule has 0 spiro atoms. The molecular formula is C19H34IN7. The third-order valence-corrected chi connectivity index (χ3v) is 5.18. The van der Waals surface area contributed by atoms with Crippen LogP contribution >= 0.6 is 24.0 Å². The molecule has 1 aromatic heterocycles. The lowest BCUT2D eigenvalue weighted by Gasteiger charge is -2.35. The van der Waals surface area contributed by atoms with E-state index in [-0.39, 0.29) is 24.0 Å². The Morgan fingerprint density at radius 1 is 1.19 bits per heavy atom. The monoisotopic (exact) mass is 487 g/mol. The van der Waals surface area contributed by atoms with Crippen molar-refractivity contribution in [1.82, 2.24) is 25.1 Å². The van der Waals surface area contributed by atoms with Gasteiger partial charge in [-0.05, 0) is 31.7 Å². The number of nitrogens with one attached hydrogen (secondary N) is 1. The van der Waals surface area contributed by atoms with E-state index in [0.29, 0.717) is 0 Å². The minimum Gasteiger partial charge on any atom is -0.357 e. The van der Waals surface area contributed by atoms with Gasteiger partial charge in [0.15, 0.2) is 5.96 Å². The lowest BCUT2D eigenvalue weighted by Crippen LogP contribution is -2.48. The number of aliphatic imine (C=N–C) groups is 1. The minimum absolute atomic E-state index is 0. The van der Waals surface area contributed by atoms with Crippen molar-refractivity contribution >= 4 is 35.9 Å². The number of hydrogen-bond acceptors (Lipinski definition) is 5. The van der Waals surface area contributed by atoms with Crippen molar-refractivity contribution in [1.29, 1.82) is 0 Å². The summed E-state index contributed by atoms with van der Waals surface area (Å²) in [4.78, 5) is 20.8. The van der Waals surface area contributed by atoms with E-state index in [4.69, 9.17) is 4.99 Å². The molecule has 2 fully saturated rings. The summed E-state index contributed by atoms with van der Waals surface area (Å²) in [5, 5.41) is 3.47. The molecule has 7 nitrogen and oxygen atoms in total. The van der Waals surface area contributed by atoms with E-state index in [0.717, 1.165) is 76.7 Å². The number of piperidine rings is 1. The highest BCUT2D eigenvalue weighted by molar-refractivity contribution is 14.0. The molecule has 27 heavy (non-hydrogen) atoms. The first-order chi connectivity index (χ1) is 12.8. The molecular weight excluding hydrogens is 453 g/mol. The molecule has 0 radical (unpaired) electrons. The molecule has 2 aliphatic heterocycles. The van der Waals surface area contributed by atoms with Crippen molar-refractivity contribution in [2.75, 3.05) is 63.8 Å². The summed E-state index contributed by atoms with van der Waals surface area (Å²) < 4.78 is 0. The van der Waals surface area contributed by atoms with Crippen molar-refractivity contribution in [2.24, 2.45) is 10.9 Å². The van der Waals surface area contributed by atoms with Crippen molar-refractivity contribution in [3.63, 3.8) is 0 Å². The van der Waals surface area contributed by atoms with Gasteiger partial charge in [-0.1, -0.05) is 6.92 Å². The number of halogens is 1. The van der Waals surface area contributed by atoms with Gasteiger partial charge in [-0.2, -0.15) is 0 Å². The summed E-state index contributed by atoms with van der Waals surface area (Å²) in [5.74, 6) is 2.70. The molecule has 2 saturated heterocycles. The Bertz CT molecular complexity index is 560. The molecule has 1 atom stereocenters. The Morgan fingerprint density at radius 2 is 1.93 bits per heavy atom. The molecule has 1 N–H and O–H groups in total. The van der Waals surface area contributed by atoms with E-state index in [2.05, 4.69) is 43.8 Å². The maximum Gasteiger partial charge on any atom is 0.225 e. The van der Waals surface area contributed by atoms with E-state index < -0.39 is 0 Å². The topological polar surface area (TPSA) is 59.9 Å². The van der Waals surface area contributed by atoms with Gasteiger partial charge in [-0.25, -0.2) is 9.97 Å². The Kier molecular flexibility index (Phi) is 9.53. The zero-order valence-electron chi connectivity index (χ0n) is 16.7. The van der Waals surface area contributed by atoms with E-state index in [9.17, 15) is 0 Å². The van der Waals surface area contributed by atoms with Crippen LogP contribution in [-0.4, -0.2) is 84.6 Å². The van der Waals surface area contributed by atoms with Gasteiger partial charge >= 0.3 is 0 Å². The van der Waals surface area contributed by atoms with Gasteiger partial charge < -0.3 is 15.1 Å². The van der Waals surface area contributed by atoms with Gasteiger partial charge in [0.2, 0.25) is 5.95 Å². The van der Waals surface area contributed by atoms with E-state index in [1.807, 2.05) is 18.5 Å². The summed E-state index contributed by atoms with van der Waals surface area (Å²) in [5.41, 5.74) is 0. The zero-order chi connectivity index (χ0) is 18.2. The van der Waals surface area contributed by atoms with Crippen molar-refractivity contribution in [3.8, 4) is 0 Å². The number of nitrogens with zero attached hydrogens (tertiary/aromatic N) is 6. The molecule has 1 unspecified atom stereocenters. The quantitative estimate of drug-likeness (QED) is 0.389. The molecule has 8 heteroatoms. The summed E-state index contributed by atoms with van der Waals surface area (Å²) in [6.07, 6.45) is 6.24. The second-order valence-corrected chi connectivity index (χ2v) is 7.31. The third kappa shape index (κ3) is 6.74. The van der Waals surface area contributed by atoms with Gasteiger partial charge in [-0.15, -0.1) is 24.0 Å². The maximum absolute atomic E-state index is 4.89. The van der Waals surface area contributed by atoms with Crippen LogP contribution in [0.25, 0.3) is 0 Å². The van der Waals surface area contributed by atoms with Crippen LogP contribution in [0.4, 0.5) is 5.95 Å². The number of piperazine rings is 1. The minimum atomic E-state index is 0. The van der Waals surface area contributed by atoms with Gasteiger partial charge in [0.25, 0.3) is 0 Å². The van der Waals surface area contributed by atoms with Crippen molar-refractivity contribution < 1.29 is 0 Å². The second kappa shape index (κ2) is 11.6. The first-order valence-corrected chi connectivity index (χ1v) is 10.0. The van der Waals surface area contributed by atoms with Crippen LogP contribution in [-0.2, 0) is 0 Å². The number of anilines is 1. The van der Waals surface area contributed by atoms with Crippen LogP contribution < -0.4 is 10.2 Å². The SMILES string of the molecule is CCNC(=NCCN1CCN(c2ncccn2)CC1)N1CCCC(C)C1.I. The molecule has 3 heterocycles. The normalized spacial score (nSPS) is 21.7. The third-order valence-electron chi connectivity index (χ3n) is 5.18. The molecule has 3 rings (SSSR count). The molecule has 2 aliphatic rings. The number of aromatic nitrogens is 2. The first kappa shape index (κ1) is 22.1. The predicted molar refractivity (Wildman–Crippen MR) is 122 cm³/mol. The molecule has 1 aromatic rings. The average molecular weight is 487 g/mol. The van der Waals surface area contributed by atoms with Crippen molar-refractivity contribution in [3.05, 3.63) is 18.5 Å². The number of guanidine groups is 1. The Balaban J connectivity index is 0.00000261. The zero-order valence-corrected chi connectivity index (χ0v) is 19.0. The smallest absolute Gasteiger partial charge is 0.225 e. The Labute approximate surface area is 180 Å². The summed E-state index contributed by atoms with van der Waals surface area (Å²) in [6.45, 7) is 13.6. The van der Waals surface area contributed by atoms with Crippen LogP contribution in [0.5, 0.6) is 0 Å². The standard InChI is InChI=1S/C19H33N7.HI/c1-3-20-18(26-10-4-6-17(2)16-26)23-9-11-24-12-14-25(15-13-24)19-21-7-5-8-22-19;/h5,7-8,17H,3-4,6,9-16H2,1-2H3,(H,20,23);1H. The summed E-state index contributed by atoms with van der Waals surface area (Å²) in [7, 11) is 0. The van der Waals surface area contributed by atoms with E-state index in [1.165, 1.54) is 12.8 Å². The van der Waals surface area contributed by atoms with Crippen molar-refractivity contribution in [2.45, 2.75) is 26.7 Å². The van der Waals surface area contributed by atoms with Gasteiger partial charge in [0.1, 0.15) is 0 Å². The average Bonchev–Trinajstić information content (AvgIpc) is 2.68. The fourth-order valence-corrected chi connectivity index (χ4v) is 3.73. The Hall–Kier alpha value is -1.16. The van der Waals surface area contributed by atoms with E-state index >= 15 is 0 Å².